The molecule has 0 spiro atoms. The normalized spacial score (nSPS) is 19.7. The smallest absolute Gasteiger partial charge is 0.162 e. The standard InChI is InChI=1S/C17H19NO2S/c1-18(2)11-17-16-10-6-5-9-15(16)14-8-4-3-7-13(14)12-21(17,19)20/h3-10,17H,11-12H2,1-2H3/t17-/m1/s1. The van der Waals surface area contributed by atoms with E-state index in [0.29, 0.717) is 6.54 Å². The van der Waals surface area contributed by atoms with Gasteiger partial charge in [-0.25, -0.2) is 8.42 Å². The summed E-state index contributed by atoms with van der Waals surface area (Å²) in [7, 11) is 0.602. The van der Waals surface area contributed by atoms with Crippen LogP contribution in [0.25, 0.3) is 11.1 Å². The van der Waals surface area contributed by atoms with Gasteiger partial charge in [-0.2, -0.15) is 0 Å². The number of sulfone groups is 1. The largest absolute Gasteiger partial charge is 0.308 e. The van der Waals surface area contributed by atoms with Gasteiger partial charge in [-0.05, 0) is 36.3 Å². The van der Waals surface area contributed by atoms with Gasteiger partial charge in [-0.3, -0.25) is 0 Å². The molecule has 1 aliphatic heterocycles. The molecule has 0 fully saturated rings. The van der Waals surface area contributed by atoms with Crippen molar-refractivity contribution in [1.82, 2.24) is 4.90 Å². The molecule has 4 heteroatoms. The molecule has 1 heterocycles. The van der Waals surface area contributed by atoms with Gasteiger partial charge in [0.25, 0.3) is 0 Å². The Labute approximate surface area is 126 Å². The minimum absolute atomic E-state index is 0.107. The van der Waals surface area contributed by atoms with Crippen LogP contribution in [0.3, 0.4) is 0 Å². The summed E-state index contributed by atoms with van der Waals surface area (Å²) in [6.07, 6.45) is 0. The number of benzene rings is 2. The van der Waals surface area contributed by atoms with Crippen molar-refractivity contribution < 1.29 is 8.42 Å². The quantitative estimate of drug-likeness (QED) is 0.856. The fraction of sp³-hybridized carbons (Fsp3) is 0.294. The van der Waals surface area contributed by atoms with E-state index in [1.54, 1.807) is 0 Å². The van der Waals surface area contributed by atoms with E-state index < -0.39 is 15.1 Å². The highest BCUT2D eigenvalue weighted by molar-refractivity contribution is 7.90. The first-order chi connectivity index (χ1) is 9.99. The maximum Gasteiger partial charge on any atom is 0.162 e. The van der Waals surface area contributed by atoms with E-state index in [4.69, 9.17) is 0 Å². The highest BCUT2D eigenvalue weighted by Gasteiger charge is 2.33. The molecule has 0 radical (unpaired) electrons. The molecule has 0 saturated heterocycles. The van der Waals surface area contributed by atoms with E-state index in [1.807, 2.05) is 67.5 Å². The van der Waals surface area contributed by atoms with Crippen molar-refractivity contribution in [3.05, 3.63) is 59.7 Å². The van der Waals surface area contributed by atoms with Crippen LogP contribution in [0.4, 0.5) is 0 Å². The Morgan fingerprint density at radius 3 is 2.33 bits per heavy atom. The second kappa shape index (κ2) is 5.28. The summed E-state index contributed by atoms with van der Waals surface area (Å²) >= 11 is 0. The topological polar surface area (TPSA) is 37.4 Å². The lowest BCUT2D eigenvalue weighted by atomic mass is 9.94. The molecule has 0 aliphatic carbocycles. The van der Waals surface area contributed by atoms with Crippen LogP contribution in [-0.2, 0) is 15.6 Å². The molecule has 0 unspecified atom stereocenters. The van der Waals surface area contributed by atoms with Gasteiger partial charge in [0.15, 0.2) is 9.84 Å². The van der Waals surface area contributed by atoms with Gasteiger partial charge in [0.1, 0.15) is 0 Å². The summed E-state index contributed by atoms with van der Waals surface area (Å²) < 4.78 is 25.7. The molecule has 0 amide bonds. The van der Waals surface area contributed by atoms with Gasteiger partial charge in [0.2, 0.25) is 0 Å². The third-order valence-electron chi connectivity index (χ3n) is 3.94. The van der Waals surface area contributed by atoms with Crippen LogP contribution in [0.1, 0.15) is 16.4 Å². The number of rotatable bonds is 2. The van der Waals surface area contributed by atoms with E-state index in [2.05, 4.69) is 0 Å². The summed E-state index contributed by atoms with van der Waals surface area (Å²) in [5.41, 5.74) is 3.89. The molecule has 0 aromatic heterocycles. The van der Waals surface area contributed by atoms with Crippen molar-refractivity contribution in [2.75, 3.05) is 20.6 Å². The summed E-state index contributed by atoms with van der Waals surface area (Å²) in [4.78, 5) is 1.94. The molecule has 0 N–H and O–H groups in total. The molecular formula is C17H19NO2S. The van der Waals surface area contributed by atoms with E-state index in [0.717, 1.165) is 22.3 Å². The van der Waals surface area contributed by atoms with Crippen LogP contribution in [0.15, 0.2) is 48.5 Å². The Morgan fingerprint density at radius 1 is 1.00 bits per heavy atom. The first-order valence-electron chi connectivity index (χ1n) is 7.02. The summed E-state index contributed by atoms with van der Waals surface area (Å²) in [5, 5.41) is -0.476. The number of hydrogen-bond acceptors (Lipinski definition) is 3. The summed E-state index contributed by atoms with van der Waals surface area (Å²) in [6.45, 7) is 0.507. The zero-order valence-electron chi connectivity index (χ0n) is 12.3. The van der Waals surface area contributed by atoms with E-state index >= 15 is 0 Å². The SMILES string of the molecule is CN(C)C[C@@H]1c2ccccc2-c2ccccc2CS1(=O)=O. The molecule has 21 heavy (non-hydrogen) atoms. The molecule has 110 valence electrons. The fourth-order valence-electron chi connectivity index (χ4n) is 2.99. The molecule has 1 atom stereocenters. The van der Waals surface area contributed by atoms with Crippen molar-refractivity contribution in [1.29, 1.82) is 0 Å². The lowest BCUT2D eigenvalue weighted by molar-refractivity contribution is 0.402. The van der Waals surface area contributed by atoms with Crippen molar-refractivity contribution in [3.8, 4) is 11.1 Å². The van der Waals surface area contributed by atoms with E-state index in [1.165, 1.54) is 0 Å². The second-order valence-corrected chi connectivity index (χ2v) is 7.99. The first kappa shape index (κ1) is 14.3. The Kier molecular flexibility index (Phi) is 3.59. The zero-order chi connectivity index (χ0) is 15.0. The number of likely N-dealkylation sites (N-methyl/N-ethyl adjacent to an activating group) is 1. The van der Waals surface area contributed by atoms with Crippen LogP contribution < -0.4 is 0 Å². The average Bonchev–Trinajstić information content (AvgIpc) is 2.53. The number of fused-ring (bicyclic) bond motifs is 3. The predicted octanol–water partition coefficient (Wildman–Crippen LogP) is 2.88. The summed E-state index contributed by atoms with van der Waals surface area (Å²) in [5.74, 6) is 0.107. The Morgan fingerprint density at radius 2 is 1.62 bits per heavy atom. The van der Waals surface area contributed by atoms with E-state index in [9.17, 15) is 8.42 Å². The van der Waals surface area contributed by atoms with Gasteiger partial charge in [-0.1, -0.05) is 48.5 Å². The predicted molar refractivity (Wildman–Crippen MR) is 85.8 cm³/mol. The Bertz CT molecular complexity index is 766. The van der Waals surface area contributed by atoms with Gasteiger partial charge < -0.3 is 4.90 Å². The molecule has 2 aromatic carbocycles. The minimum atomic E-state index is -3.22. The number of hydrogen-bond donors (Lipinski definition) is 0. The Hall–Kier alpha value is -1.65. The van der Waals surface area contributed by atoms with Gasteiger partial charge in [0.05, 0.1) is 11.0 Å². The highest BCUT2D eigenvalue weighted by atomic mass is 32.2. The summed E-state index contributed by atoms with van der Waals surface area (Å²) in [6, 6.07) is 15.7. The molecule has 0 bridgehead atoms. The van der Waals surface area contributed by atoms with Crippen molar-refractivity contribution in [2.45, 2.75) is 11.0 Å². The maximum atomic E-state index is 12.8. The first-order valence-corrected chi connectivity index (χ1v) is 8.74. The molecule has 3 rings (SSSR count). The van der Waals surface area contributed by atoms with Crippen molar-refractivity contribution in [3.63, 3.8) is 0 Å². The van der Waals surface area contributed by atoms with Crippen LogP contribution in [0.5, 0.6) is 0 Å². The average molecular weight is 301 g/mol. The van der Waals surface area contributed by atoms with Crippen molar-refractivity contribution in [2.24, 2.45) is 0 Å². The fourth-order valence-corrected chi connectivity index (χ4v) is 4.99. The van der Waals surface area contributed by atoms with Crippen molar-refractivity contribution >= 4 is 9.84 Å². The molecule has 2 aromatic rings. The van der Waals surface area contributed by atoms with Gasteiger partial charge >= 0.3 is 0 Å². The number of nitrogens with zero attached hydrogens (tertiary/aromatic N) is 1. The Balaban J connectivity index is 2.28. The van der Waals surface area contributed by atoms with Gasteiger partial charge in [-0.15, -0.1) is 0 Å². The monoisotopic (exact) mass is 301 g/mol. The minimum Gasteiger partial charge on any atom is -0.308 e. The molecule has 0 saturated carbocycles. The molecule has 3 nitrogen and oxygen atoms in total. The highest BCUT2D eigenvalue weighted by Crippen LogP contribution is 2.40. The lowest BCUT2D eigenvalue weighted by Gasteiger charge is -2.21. The van der Waals surface area contributed by atoms with Crippen LogP contribution in [0, 0.1) is 0 Å². The van der Waals surface area contributed by atoms with Gasteiger partial charge in [0, 0.05) is 6.54 Å². The van der Waals surface area contributed by atoms with Crippen LogP contribution in [0.2, 0.25) is 0 Å². The third kappa shape index (κ3) is 2.61. The molecular weight excluding hydrogens is 282 g/mol. The molecule has 1 aliphatic rings. The maximum absolute atomic E-state index is 12.8. The third-order valence-corrected chi connectivity index (χ3v) is 5.92. The van der Waals surface area contributed by atoms with Crippen LogP contribution >= 0.6 is 0 Å². The lowest BCUT2D eigenvalue weighted by Crippen LogP contribution is -2.26. The van der Waals surface area contributed by atoms with Crippen LogP contribution in [-0.4, -0.2) is 34.0 Å². The van der Waals surface area contributed by atoms with E-state index in [-0.39, 0.29) is 5.75 Å². The second-order valence-electron chi connectivity index (χ2n) is 5.80. The zero-order valence-corrected chi connectivity index (χ0v) is 13.1.